The number of halogens is 3. The van der Waals surface area contributed by atoms with Crippen LogP contribution in [0.1, 0.15) is 5.56 Å². The highest BCUT2D eigenvalue weighted by atomic mass is 32.2. The van der Waals surface area contributed by atoms with Gasteiger partial charge in [-0.05, 0) is 35.9 Å². The molecule has 12 heteroatoms. The standard InChI is InChI=1S/C19H17F3N2O6S/c20-19(21,22)30-16-8-6-15(7-9-16)24-17(25)13-29-18(26)12-23-31(27,28)11-10-14-4-2-1-3-5-14/h1-11,23H,12-13H2,(H,24,25)/b11-10+. The van der Waals surface area contributed by atoms with E-state index in [0.29, 0.717) is 5.56 Å². The van der Waals surface area contributed by atoms with E-state index < -0.39 is 47.2 Å². The van der Waals surface area contributed by atoms with Gasteiger partial charge in [-0.15, -0.1) is 13.2 Å². The maximum atomic E-state index is 12.1. The summed E-state index contributed by atoms with van der Waals surface area (Å²) in [6.07, 6.45) is -3.50. The Bertz CT molecular complexity index is 1020. The van der Waals surface area contributed by atoms with Crippen molar-refractivity contribution in [1.29, 1.82) is 0 Å². The van der Waals surface area contributed by atoms with Gasteiger partial charge < -0.3 is 14.8 Å². The van der Waals surface area contributed by atoms with Crippen molar-refractivity contribution in [3.63, 3.8) is 0 Å². The Morgan fingerprint density at radius 2 is 1.65 bits per heavy atom. The summed E-state index contributed by atoms with van der Waals surface area (Å²) in [5, 5.41) is 3.18. The zero-order chi connectivity index (χ0) is 22.9. The van der Waals surface area contributed by atoms with Gasteiger partial charge in [0, 0.05) is 11.1 Å². The number of hydrogen-bond donors (Lipinski definition) is 2. The fraction of sp³-hybridized carbons (Fsp3) is 0.158. The largest absolute Gasteiger partial charge is 0.573 e. The second-order valence-corrected chi connectivity index (χ2v) is 7.51. The summed E-state index contributed by atoms with van der Waals surface area (Å²) in [5.74, 6) is -2.24. The number of sulfonamides is 1. The van der Waals surface area contributed by atoms with Crippen LogP contribution in [0.25, 0.3) is 6.08 Å². The first-order valence-electron chi connectivity index (χ1n) is 8.56. The lowest BCUT2D eigenvalue weighted by Gasteiger charge is -2.10. The highest BCUT2D eigenvalue weighted by Crippen LogP contribution is 2.23. The van der Waals surface area contributed by atoms with Gasteiger partial charge in [0.2, 0.25) is 10.0 Å². The van der Waals surface area contributed by atoms with Crippen molar-refractivity contribution in [3.8, 4) is 5.75 Å². The first kappa shape index (κ1) is 23.9. The summed E-state index contributed by atoms with van der Waals surface area (Å²) in [5.41, 5.74) is 0.785. The Morgan fingerprint density at radius 3 is 2.26 bits per heavy atom. The van der Waals surface area contributed by atoms with Gasteiger partial charge in [-0.3, -0.25) is 9.59 Å². The molecular weight excluding hydrogens is 441 g/mol. The summed E-state index contributed by atoms with van der Waals surface area (Å²) in [6, 6.07) is 12.9. The molecule has 0 spiro atoms. The second kappa shape index (κ2) is 10.6. The topological polar surface area (TPSA) is 111 Å². The number of amides is 1. The predicted octanol–water partition coefficient (Wildman–Crippen LogP) is 2.66. The number of hydrogen-bond acceptors (Lipinski definition) is 6. The Kier molecular flexibility index (Phi) is 8.16. The van der Waals surface area contributed by atoms with E-state index in [4.69, 9.17) is 0 Å². The van der Waals surface area contributed by atoms with Crippen molar-refractivity contribution in [2.75, 3.05) is 18.5 Å². The van der Waals surface area contributed by atoms with Crippen LogP contribution in [0.4, 0.5) is 18.9 Å². The molecule has 0 saturated heterocycles. The van der Waals surface area contributed by atoms with Crippen LogP contribution in [0.2, 0.25) is 0 Å². The van der Waals surface area contributed by atoms with Crippen molar-refractivity contribution >= 4 is 33.7 Å². The molecule has 166 valence electrons. The molecule has 31 heavy (non-hydrogen) atoms. The third kappa shape index (κ3) is 9.78. The molecule has 0 atom stereocenters. The molecule has 0 unspecified atom stereocenters. The van der Waals surface area contributed by atoms with Gasteiger partial charge >= 0.3 is 12.3 Å². The average Bonchev–Trinajstić information content (AvgIpc) is 2.71. The summed E-state index contributed by atoms with van der Waals surface area (Å²) >= 11 is 0. The smallest absolute Gasteiger partial charge is 0.455 e. The summed E-state index contributed by atoms with van der Waals surface area (Å²) < 4.78 is 70.3. The van der Waals surface area contributed by atoms with E-state index >= 15 is 0 Å². The minimum Gasteiger partial charge on any atom is -0.455 e. The molecule has 2 N–H and O–H groups in total. The minimum absolute atomic E-state index is 0.141. The third-order valence-electron chi connectivity index (χ3n) is 3.39. The molecule has 0 aliphatic carbocycles. The summed E-state index contributed by atoms with van der Waals surface area (Å²) in [7, 11) is -3.90. The van der Waals surface area contributed by atoms with Crippen LogP contribution in [0.15, 0.2) is 60.0 Å². The normalized spacial score (nSPS) is 11.8. The van der Waals surface area contributed by atoms with E-state index in [1.807, 2.05) is 4.72 Å². The molecule has 2 rings (SSSR count). The van der Waals surface area contributed by atoms with Crippen molar-refractivity contribution < 1.29 is 40.7 Å². The molecular formula is C19H17F3N2O6S. The summed E-state index contributed by atoms with van der Waals surface area (Å²) in [6.45, 7) is -1.42. The van der Waals surface area contributed by atoms with Crippen molar-refractivity contribution in [2.45, 2.75) is 6.36 Å². The maximum absolute atomic E-state index is 12.1. The Morgan fingerprint density at radius 1 is 1.00 bits per heavy atom. The number of ether oxygens (including phenoxy) is 2. The molecule has 0 radical (unpaired) electrons. The average molecular weight is 458 g/mol. The van der Waals surface area contributed by atoms with E-state index in [2.05, 4.69) is 14.8 Å². The Balaban J connectivity index is 1.74. The number of carbonyl (C=O) groups is 2. The Labute approximate surface area is 175 Å². The van der Waals surface area contributed by atoms with Crippen LogP contribution < -0.4 is 14.8 Å². The van der Waals surface area contributed by atoms with Crippen LogP contribution in [0.5, 0.6) is 5.75 Å². The predicted molar refractivity (Wildman–Crippen MR) is 105 cm³/mol. The quantitative estimate of drug-likeness (QED) is 0.559. The first-order valence-corrected chi connectivity index (χ1v) is 10.1. The van der Waals surface area contributed by atoms with Gasteiger partial charge in [0.05, 0.1) is 0 Å². The van der Waals surface area contributed by atoms with Gasteiger partial charge in [-0.25, -0.2) is 13.1 Å². The van der Waals surface area contributed by atoms with Crippen molar-refractivity contribution in [3.05, 3.63) is 65.6 Å². The molecule has 2 aromatic carbocycles. The number of nitrogens with one attached hydrogen (secondary N) is 2. The molecule has 0 aliphatic heterocycles. The molecule has 0 aliphatic rings. The maximum Gasteiger partial charge on any atom is 0.573 e. The number of carbonyl (C=O) groups excluding carboxylic acids is 2. The number of rotatable bonds is 9. The molecule has 0 saturated carbocycles. The van der Waals surface area contributed by atoms with Gasteiger partial charge in [-0.1, -0.05) is 30.3 Å². The fourth-order valence-corrected chi connectivity index (χ4v) is 2.83. The first-order chi connectivity index (χ1) is 14.5. The molecule has 2 aromatic rings. The third-order valence-corrected chi connectivity index (χ3v) is 4.43. The second-order valence-electron chi connectivity index (χ2n) is 5.86. The van der Waals surface area contributed by atoms with E-state index in [1.54, 1.807) is 30.3 Å². The molecule has 0 bridgehead atoms. The monoisotopic (exact) mass is 458 g/mol. The molecule has 0 aromatic heterocycles. The van der Waals surface area contributed by atoms with Crippen LogP contribution in [-0.4, -0.2) is 39.8 Å². The zero-order valence-corrected chi connectivity index (χ0v) is 16.6. The van der Waals surface area contributed by atoms with E-state index in [1.165, 1.54) is 6.08 Å². The van der Waals surface area contributed by atoms with Crippen molar-refractivity contribution in [1.82, 2.24) is 4.72 Å². The lowest BCUT2D eigenvalue weighted by Crippen LogP contribution is -2.31. The lowest BCUT2D eigenvalue weighted by atomic mass is 10.2. The van der Waals surface area contributed by atoms with Crippen LogP contribution in [0.3, 0.4) is 0 Å². The van der Waals surface area contributed by atoms with E-state index in [9.17, 15) is 31.2 Å². The molecule has 0 fully saturated rings. The number of esters is 1. The molecule has 1 amide bonds. The van der Waals surface area contributed by atoms with Crippen LogP contribution in [-0.2, 0) is 24.3 Å². The van der Waals surface area contributed by atoms with E-state index in [-0.39, 0.29) is 5.69 Å². The Hall–Kier alpha value is -3.38. The highest BCUT2D eigenvalue weighted by Gasteiger charge is 2.30. The van der Waals surface area contributed by atoms with Gasteiger partial charge in [-0.2, -0.15) is 0 Å². The molecule has 8 nitrogen and oxygen atoms in total. The van der Waals surface area contributed by atoms with Crippen LogP contribution in [0, 0.1) is 0 Å². The van der Waals surface area contributed by atoms with Gasteiger partial charge in [0.1, 0.15) is 12.3 Å². The number of benzene rings is 2. The fourth-order valence-electron chi connectivity index (χ4n) is 2.07. The number of anilines is 1. The SMILES string of the molecule is O=C(COC(=O)CNS(=O)(=O)/C=C/c1ccccc1)Nc1ccc(OC(F)(F)F)cc1. The lowest BCUT2D eigenvalue weighted by molar-refractivity contribution is -0.274. The highest BCUT2D eigenvalue weighted by molar-refractivity contribution is 7.92. The minimum atomic E-state index is -4.84. The van der Waals surface area contributed by atoms with Crippen LogP contribution >= 0.6 is 0 Å². The summed E-state index contributed by atoms with van der Waals surface area (Å²) in [4.78, 5) is 23.4. The zero-order valence-electron chi connectivity index (χ0n) is 15.8. The van der Waals surface area contributed by atoms with Gasteiger partial charge in [0.25, 0.3) is 5.91 Å². The van der Waals surface area contributed by atoms with Gasteiger partial charge in [0.15, 0.2) is 6.61 Å². The van der Waals surface area contributed by atoms with Crippen molar-refractivity contribution in [2.24, 2.45) is 0 Å². The van der Waals surface area contributed by atoms with E-state index in [0.717, 1.165) is 29.7 Å². The number of alkyl halides is 3. The molecule has 0 heterocycles.